The SMILES string of the molecule is COCc1ccc(C(=O)N2CCCC2c2ccc3c(c2)OCCO3)o1. The Morgan fingerprint density at radius 2 is 2.04 bits per heavy atom. The predicted molar refractivity (Wildman–Crippen MR) is 89.9 cm³/mol. The summed E-state index contributed by atoms with van der Waals surface area (Å²) in [5, 5.41) is 0. The molecule has 2 aliphatic heterocycles. The molecule has 4 rings (SSSR count). The average molecular weight is 343 g/mol. The monoisotopic (exact) mass is 343 g/mol. The van der Waals surface area contributed by atoms with E-state index >= 15 is 0 Å². The topological polar surface area (TPSA) is 61.1 Å². The normalized spacial score (nSPS) is 19.2. The molecule has 1 amide bonds. The molecule has 132 valence electrons. The van der Waals surface area contributed by atoms with Gasteiger partial charge in [0.05, 0.1) is 6.04 Å². The van der Waals surface area contributed by atoms with E-state index in [-0.39, 0.29) is 11.9 Å². The Morgan fingerprint density at radius 1 is 1.20 bits per heavy atom. The van der Waals surface area contributed by atoms with Gasteiger partial charge in [-0.15, -0.1) is 0 Å². The Hall–Kier alpha value is -2.47. The van der Waals surface area contributed by atoms with Crippen molar-refractivity contribution in [3.8, 4) is 11.5 Å². The Labute approximate surface area is 146 Å². The summed E-state index contributed by atoms with van der Waals surface area (Å²) in [5.41, 5.74) is 1.07. The number of likely N-dealkylation sites (tertiary alicyclic amines) is 1. The van der Waals surface area contributed by atoms with Gasteiger partial charge in [0, 0.05) is 13.7 Å². The van der Waals surface area contributed by atoms with Gasteiger partial charge in [-0.05, 0) is 42.7 Å². The molecule has 25 heavy (non-hydrogen) atoms. The number of rotatable bonds is 4. The van der Waals surface area contributed by atoms with Gasteiger partial charge in [-0.25, -0.2) is 0 Å². The lowest BCUT2D eigenvalue weighted by Gasteiger charge is -2.26. The van der Waals surface area contributed by atoms with E-state index in [1.54, 1.807) is 19.2 Å². The van der Waals surface area contributed by atoms with Crippen molar-refractivity contribution in [3.05, 3.63) is 47.4 Å². The second-order valence-electron chi connectivity index (χ2n) is 6.26. The maximum atomic E-state index is 12.9. The van der Waals surface area contributed by atoms with E-state index in [0.29, 0.717) is 31.3 Å². The van der Waals surface area contributed by atoms with Crippen molar-refractivity contribution >= 4 is 5.91 Å². The number of carbonyl (C=O) groups excluding carboxylic acids is 1. The zero-order valence-corrected chi connectivity index (χ0v) is 14.2. The van der Waals surface area contributed by atoms with Crippen molar-refractivity contribution < 1.29 is 23.4 Å². The molecule has 1 aromatic heterocycles. The number of hydrogen-bond donors (Lipinski definition) is 0. The maximum absolute atomic E-state index is 12.9. The van der Waals surface area contributed by atoms with Crippen LogP contribution in [0.25, 0.3) is 0 Å². The minimum atomic E-state index is -0.0836. The van der Waals surface area contributed by atoms with Gasteiger partial charge in [-0.2, -0.15) is 0 Å². The first kappa shape index (κ1) is 16.0. The van der Waals surface area contributed by atoms with E-state index in [1.165, 1.54) is 0 Å². The maximum Gasteiger partial charge on any atom is 0.290 e. The lowest BCUT2D eigenvalue weighted by molar-refractivity contribution is 0.0695. The van der Waals surface area contributed by atoms with Crippen LogP contribution in [0, 0.1) is 0 Å². The van der Waals surface area contributed by atoms with Crippen molar-refractivity contribution in [3.63, 3.8) is 0 Å². The molecule has 1 unspecified atom stereocenters. The molecule has 0 radical (unpaired) electrons. The second kappa shape index (κ2) is 6.80. The quantitative estimate of drug-likeness (QED) is 0.853. The van der Waals surface area contributed by atoms with Crippen molar-refractivity contribution in [1.29, 1.82) is 0 Å². The number of ether oxygens (including phenoxy) is 3. The first-order valence-electron chi connectivity index (χ1n) is 8.54. The number of benzene rings is 1. The fourth-order valence-electron chi connectivity index (χ4n) is 3.48. The third kappa shape index (κ3) is 3.09. The highest BCUT2D eigenvalue weighted by atomic mass is 16.6. The molecule has 0 bridgehead atoms. The van der Waals surface area contributed by atoms with Crippen LogP contribution in [-0.4, -0.2) is 37.7 Å². The van der Waals surface area contributed by atoms with Gasteiger partial charge in [-0.1, -0.05) is 6.07 Å². The number of methoxy groups -OCH3 is 1. The van der Waals surface area contributed by atoms with Gasteiger partial charge in [0.2, 0.25) is 0 Å². The molecule has 6 heteroatoms. The predicted octanol–water partition coefficient (Wildman–Crippen LogP) is 3.17. The zero-order chi connectivity index (χ0) is 17.2. The van der Waals surface area contributed by atoms with Gasteiger partial charge in [0.25, 0.3) is 5.91 Å². The molecule has 1 atom stereocenters. The van der Waals surface area contributed by atoms with Crippen molar-refractivity contribution in [2.45, 2.75) is 25.5 Å². The largest absolute Gasteiger partial charge is 0.486 e. The van der Waals surface area contributed by atoms with Crippen molar-refractivity contribution in [2.75, 3.05) is 26.9 Å². The standard InChI is InChI=1S/C19H21NO5/c1-22-12-14-5-7-17(25-14)19(21)20-8-2-3-15(20)13-4-6-16-18(11-13)24-10-9-23-16/h4-7,11,15H,2-3,8-10,12H2,1H3. The summed E-state index contributed by atoms with van der Waals surface area (Å²) in [6, 6.07) is 9.46. The van der Waals surface area contributed by atoms with E-state index < -0.39 is 0 Å². The van der Waals surface area contributed by atoms with Crippen LogP contribution in [0.4, 0.5) is 0 Å². The molecule has 1 aromatic carbocycles. The lowest BCUT2D eigenvalue weighted by atomic mass is 10.0. The van der Waals surface area contributed by atoms with Gasteiger partial charge in [0.15, 0.2) is 17.3 Å². The van der Waals surface area contributed by atoms with Crippen molar-refractivity contribution in [2.24, 2.45) is 0 Å². The molecule has 0 saturated carbocycles. The molecular formula is C19H21NO5. The van der Waals surface area contributed by atoms with Crippen LogP contribution in [0.1, 0.15) is 40.8 Å². The van der Waals surface area contributed by atoms with Crippen LogP contribution >= 0.6 is 0 Å². The molecule has 0 aliphatic carbocycles. The highest BCUT2D eigenvalue weighted by Crippen LogP contribution is 2.38. The minimum Gasteiger partial charge on any atom is -0.486 e. The van der Waals surface area contributed by atoms with Crippen LogP contribution < -0.4 is 9.47 Å². The van der Waals surface area contributed by atoms with Gasteiger partial charge >= 0.3 is 0 Å². The lowest BCUT2D eigenvalue weighted by Crippen LogP contribution is -2.30. The van der Waals surface area contributed by atoms with Crippen LogP contribution in [0.5, 0.6) is 11.5 Å². The molecule has 1 saturated heterocycles. The van der Waals surface area contributed by atoms with Crippen LogP contribution in [0.15, 0.2) is 34.7 Å². The van der Waals surface area contributed by atoms with Crippen LogP contribution in [0.2, 0.25) is 0 Å². The Bertz CT molecular complexity index is 769. The number of furan rings is 1. The van der Waals surface area contributed by atoms with E-state index in [1.807, 2.05) is 23.1 Å². The van der Waals surface area contributed by atoms with Gasteiger partial charge in [-0.3, -0.25) is 4.79 Å². The summed E-state index contributed by atoms with van der Waals surface area (Å²) >= 11 is 0. The number of carbonyl (C=O) groups is 1. The number of amides is 1. The number of hydrogen-bond acceptors (Lipinski definition) is 5. The smallest absolute Gasteiger partial charge is 0.290 e. The van der Waals surface area contributed by atoms with E-state index in [0.717, 1.165) is 36.4 Å². The summed E-state index contributed by atoms with van der Waals surface area (Å²) in [5.74, 6) is 2.45. The highest BCUT2D eigenvalue weighted by molar-refractivity contribution is 5.92. The summed E-state index contributed by atoms with van der Waals surface area (Å²) in [7, 11) is 1.60. The number of fused-ring (bicyclic) bond motifs is 1. The molecular weight excluding hydrogens is 322 g/mol. The molecule has 3 heterocycles. The first-order chi connectivity index (χ1) is 12.3. The van der Waals surface area contributed by atoms with E-state index in [9.17, 15) is 4.79 Å². The number of nitrogens with zero attached hydrogens (tertiary/aromatic N) is 1. The first-order valence-corrected chi connectivity index (χ1v) is 8.54. The average Bonchev–Trinajstić information content (AvgIpc) is 3.30. The van der Waals surface area contributed by atoms with Gasteiger partial charge in [0.1, 0.15) is 25.6 Å². The molecule has 2 aliphatic rings. The third-order valence-corrected chi connectivity index (χ3v) is 4.62. The Balaban J connectivity index is 1.56. The second-order valence-corrected chi connectivity index (χ2v) is 6.26. The summed E-state index contributed by atoms with van der Waals surface area (Å²) < 4.78 is 21.9. The van der Waals surface area contributed by atoms with Crippen LogP contribution in [0.3, 0.4) is 0 Å². The molecule has 2 aromatic rings. The fraction of sp³-hybridized carbons (Fsp3) is 0.421. The third-order valence-electron chi connectivity index (χ3n) is 4.62. The Morgan fingerprint density at radius 3 is 2.88 bits per heavy atom. The van der Waals surface area contributed by atoms with E-state index in [2.05, 4.69) is 0 Å². The molecule has 0 N–H and O–H groups in total. The summed E-state index contributed by atoms with van der Waals surface area (Å²) in [6.07, 6.45) is 1.90. The Kier molecular flexibility index (Phi) is 4.36. The summed E-state index contributed by atoms with van der Waals surface area (Å²) in [4.78, 5) is 14.7. The summed E-state index contributed by atoms with van der Waals surface area (Å²) in [6.45, 7) is 2.21. The molecule has 0 spiro atoms. The molecule has 1 fully saturated rings. The highest BCUT2D eigenvalue weighted by Gasteiger charge is 2.32. The molecule has 6 nitrogen and oxygen atoms in total. The van der Waals surface area contributed by atoms with Gasteiger partial charge < -0.3 is 23.5 Å². The minimum absolute atomic E-state index is 0.0271. The zero-order valence-electron chi connectivity index (χ0n) is 14.2. The van der Waals surface area contributed by atoms with Crippen molar-refractivity contribution in [1.82, 2.24) is 4.90 Å². The van der Waals surface area contributed by atoms with Crippen LogP contribution in [-0.2, 0) is 11.3 Å². The fourth-order valence-corrected chi connectivity index (χ4v) is 3.48. The van der Waals surface area contributed by atoms with E-state index in [4.69, 9.17) is 18.6 Å².